The quantitative estimate of drug-likeness (QED) is 0.619. The van der Waals surface area contributed by atoms with Crippen LogP contribution in [0.3, 0.4) is 0 Å². The van der Waals surface area contributed by atoms with Crippen molar-refractivity contribution in [1.29, 1.82) is 0 Å². The van der Waals surface area contributed by atoms with Crippen LogP contribution in [0.4, 0.5) is 4.79 Å². The van der Waals surface area contributed by atoms with Crippen LogP contribution in [-0.2, 0) is 0 Å². The normalized spacial score (nSPS) is 20.6. The van der Waals surface area contributed by atoms with Crippen LogP contribution in [0.1, 0.15) is 6.92 Å². The van der Waals surface area contributed by atoms with Gasteiger partial charge in [0, 0.05) is 45.8 Å². The van der Waals surface area contributed by atoms with E-state index in [0.717, 1.165) is 26.2 Å². The zero-order chi connectivity index (χ0) is 10.6. The topological polar surface area (TPSA) is 61.6 Å². The van der Waals surface area contributed by atoms with Gasteiger partial charge in [-0.1, -0.05) is 0 Å². The highest BCUT2D eigenvalue weighted by Gasteiger charge is 2.22. The van der Waals surface area contributed by atoms with E-state index < -0.39 is 0 Å². The summed E-state index contributed by atoms with van der Waals surface area (Å²) in [5.74, 6) is 0. The van der Waals surface area contributed by atoms with Crippen molar-refractivity contribution < 1.29 is 4.79 Å². The standard InChI is InChI=1S/C9H20N4O/c1-8(7-10)12-3-5-13(6-4-12)9(14)11-2/h8H,3-7,10H2,1-2H3,(H,11,14). The van der Waals surface area contributed by atoms with Crippen LogP contribution >= 0.6 is 0 Å². The van der Waals surface area contributed by atoms with Gasteiger partial charge in [-0.15, -0.1) is 0 Å². The van der Waals surface area contributed by atoms with E-state index in [1.54, 1.807) is 7.05 Å². The summed E-state index contributed by atoms with van der Waals surface area (Å²) in [7, 11) is 1.66. The van der Waals surface area contributed by atoms with Gasteiger partial charge in [-0.05, 0) is 6.92 Å². The Bertz CT molecular complexity index is 189. The van der Waals surface area contributed by atoms with Gasteiger partial charge in [0.1, 0.15) is 0 Å². The van der Waals surface area contributed by atoms with Gasteiger partial charge < -0.3 is 16.0 Å². The van der Waals surface area contributed by atoms with Crippen LogP contribution in [0.2, 0.25) is 0 Å². The molecule has 0 aromatic heterocycles. The van der Waals surface area contributed by atoms with Crippen LogP contribution in [0.25, 0.3) is 0 Å². The maximum atomic E-state index is 11.3. The Morgan fingerprint density at radius 3 is 2.43 bits per heavy atom. The summed E-state index contributed by atoms with van der Waals surface area (Å²) < 4.78 is 0. The molecule has 0 spiro atoms. The molecule has 0 saturated carbocycles. The molecular formula is C9H20N4O. The minimum Gasteiger partial charge on any atom is -0.341 e. The molecular weight excluding hydrogens is 180 g/mol. The van der Waals surface area contributed by atoms with Gasteiger partial charge in [0.05, 0.1) is 0 Å². The highest BCUT2D eigenvalue weighted by molar-refractivity contribution is 5.73. The smallest absolute Gasteiger partial charge is 0.317 e. The van der Waals surface area contributed by atoms with Crippen molar-refractivity contribution >= 4 is 6.03 Å². The summed E-state index contributed by atoms with van der Waals surface area (Å²) >= 11 is 0. The molecule has 0 bridgehead atoms. The third kappa shape index (κ3) is 2.59. The Kier molecular flexibility index (Phi) is 4.16. The lowest BCUT2D eigenvalue weighted by atomic mass is 10.2. The predicted molar refractivity (Wildman–Crippen MR) is 56.1 cm³/mol. The predicted octanol–water partition coefficient (Wildman–Crippen LogP) is -0.709. The molecule has 1 heterocycles. The van der Waals surface area contributed by atoms with E-state index in [1.165, 1.54) is 0 Å². The van der Waals surface area contributed by atoms with Crippen molar-refractivity contribution in [2.45, 2.75) is 13.0 Å². The molecule has 0 radical (unpaired) electrons. The fourth-order valence-corrected chi connectivity index (χ4v) is 1.67. The van der Waals surface area contributed by atoms with Crippen LogP contribution in [0.15, 0.2) is 0 Å². The molecule has 0 aromatic carbocycles. The first-order chi connectivity index (χ1) is 6.69. The summed E-state index contributed by atoms with van der Waals surface area (Å²) in [6.45, 7) is 6.24. The number of nitrogens with one attached hydrogen (secondary N) is 1. The molecule has 1 fully saturated rings. The summed E-state index contributed by atoms with van der Waals surface area (Å²) in [5, 5.41) is 2.64. The van der Waals surface area contributed by atoms with Crippen LogP contribution in [0, 0.1) is 0 Å². The second kappa shape index (κ2) is 5.17. The fraction of sp³-hybridized carbons (Fsp3) is 0.889. The first-order valence-electron chi connectivity index (χ1n) is 5.09. The number of carbonyl (C=O) groups is 1. The maximum absolute atomic E-state index is 11.3. The van der Waals surface area contributed by atoms with Crippen molar-refractivity contribution in [3.63, 3.8) is 0 Å². The molecule has 0 aromatic rings. The molecule has 14 heavy (non-hydrogen) atoms. The number of amides is 2. The minimum atomic E-state index is 0.0186. The van der Waals surface area contributed by atoms with Gasteiger partial charge in [0.2, 0.25) is 0 Å². The number of nitrogens with two attached hydrogens (primary N) is 1. The molecule has 0 aliphatic carbocycles. The molecule has 1 saturated heterocycles. The fourth-order valence-electron chi connectivity index (χ4n) is 1.67. The van der Waals surface area contributed by atoms with E-state index in [0.29, 0.717) is 12.6 Å². The highest BCUT2D eigenvalue weighted by Crippen LogP contribution is 2.05. The summed E-state index contributed by atoms with van der Waals surface area (Å²) in [5.41, 5.74) is 5.59. The second-order valence-electron chi connectivity index (χ2n) is 3.66. The number of piperazine rings is 1. The average molecular weight is 200 g/mol. The highest BCUT2D eigenvalue weighted by atomic mass is 16.2. The summed E-state index contributed by atoms with van der Waals surface area (Å²) in [4.78, 5) is 15.4. The van der Waals surface area contributed by atoms with Crippen LogP contribution < -0.4 is 11.1 Å². The van der Waals surface area contributed by atoms with Gasteiger partial charge in [0.15, 0.2) is 0 Å². The molecule has 5 nitrogen and oxygen atoms in total. The lowest BCUT2D eigenvalue weighted by Gasteiger charge is -2.37. The van der Waals surface area contributed by atoms with Crippen LogP contribution in [0.5, 0.6) is 0 Å². The molecule has 82 valence electrons. The molecule has 1 atom stereocenters. The van der Waals surface area contributed by atoms with Crippen molar-refractivity contribution in [3.8, 4) is 0 Å². The lowest BCUT2D eigenvalue weighted by molar-refractivity contribution is 0.117. The van der Waals surface area contributed by atoms with E-state index >= 15 is 0 Å². The average Bonchev–Trinajstić information content (AvgIpc) is 2.27. The Morgan fingerprint density at radius 1 is 1.43 bits per heavy atom. The third-order valence-corrected chi connectivity index (χ3v) is 2.78. The molecule has 5 heteroatoms. The van der Waals surface area contributed by atoms with E-state index in [9.17, 15) is 4.79 Å². The van der Waals surface area contributed by atoms with Crippen molar-refractivity contribution in [2.24, 2.45) is 5.73 Å². The number of nitrogens with zero attached hydrogens (tertiary/aromatic N) is 2. The zero-order valence-corrected chi connectivity index (χ0v) is 8.99. The van der Waals surface area contributed by atoms with E-state index in [1.807, 2.05) is 4.90 Å². The molecule has 3 N–H and O–H groups in total. The minimum absolute atomic E-state index is 0.0186. The van der Waals surface area contributed by atoms with Crippen molar-refractivity contribution in [2.75, 3.05) is 39.8 Å². The van der Waals surface area contributed by atoms with Crippen LogP contribution in [-0.4, -0.2) is 61.6 Å². The van der Waals surface area contributed by atoms with E-state index in [-0.39, 0.29) is 6.03 Å². The molecule has 2 amide bonds. The largest absolute Gasteiger partial charge is 0.341 e. The molecule has 1 unspecified atom stereocenters. The van der Waals surface area contributed by atoms with Gasteiger partial charge in [0.25, 0.3) is 0 Å². The summed E-state index contributed by atoms with van der Waals surface area (Å²) in [6, 6.07) is 0.437. The summed E-state index contributed by atoms with van der Waals surface area (Å²) in [6.07, 6.45) is 0. The van der Waals surface area contributed by atoms with E-state index in [2.05, 4.69) is 17.1 Å². The Morgan fingerprint density at radius 2 is 2.00 bits per heavy atom. The number of hydrogen-bond acceptors (Lipinski definition) is 3. The van der Waals surface area contributed by atoms with Crippen molar-refractivity contribution in [3.05, 3.63) is 0 Å². The number of carbonyl (C=O) groups excluding carboxylic acids is 1. The Hall–Kier alpha value is -0.810. The molecule has 1 aliphatic heterocycles. The van der Waals surface area contributed by atoms with Crippen molar-refractivity contribution in [1.82, 2.24) is 15.1 Å². The zero-order valence-electron chi connectivity index (χ0n) is 8.99. The van der Waals surface area contributed by atoms with Gasteiger partial charge in [-0.25, -0.2) is 4.79 Å². The number of hydrogen-bond donors (Lipinski definition) is 2. The monoisotopic (exact) mass is 200 g/mol. The first-order valence-corrected chi connectivity index (χ1v) is 5.09. The van der Waals surface area contributed by atoms with E-state index in [4.69, 9.17) is 5.73 Å². The lowest BCUT2D eigenvalue weighted by Crippen LogP contribution is -2.54. The van der Waals surface area contributed by atoms with Gasteiger partial charge in [-0.3, -0.25) is 4.90 Å². The molecule has 1 aliphatic rings. The van der Waals surface area contributed by atoms with Gasteiger partial charge in [-0.2, -0.15) is 0 Å². The number of urea groups is 1. The Labute approximate surface area is 85.2 Å². The second-order valence-corrected chi connectivity index (χ2v) is 3.66. The number of rotatable bonds is 2. The third-order valence-electron chi connectivity index (χ3n) is 2.78. The maximum Gasteiger partial charge on any atom is 0.317 e. The Balaban J connectivity index is 2.34. The SMILES string of the molecule is CNC(=O)N1CCN(C(C)CN)CC1. The first kappa shape index (κ1) is 11.3. The van der Waals surface area contributed by atoms with Gasteiger partial charge >= 0.3 is 6.03 Å². The molecule has 1 rings (SSSR count).